The minimum Gasteiger partial charge on any atom is -0.464 e. The monoisotopic (exact) mass is 417 g/mol. The number of thioether (sulfide) groups is 1. The number of thiazole rings is 1. The zero-order chi connectivity index (χ0) is 20.2. The van der Waals surface area contributed by atoms with Crippen LogP contribution in [0, 0.1) is 6.92 Å². The summed E-state index contributed by atoms with van der Waals surface area (Å²) < 4.78 is 4.23. The highest BCUT2D eigenvalue weighted by Crippen LogP contribution is 2.56. The van der Waals surface area contributed by atoms with Crippen molar-refractivity contribution in [1.29, 1.82) is 0 Å². The molecule has 2 aliphatic heterocycles. The Morgan fingerprint density at radius 1 is 1.29 bits per heavy atom. The number of nitrogens with one attached hydrogen (secondary N) is 1. The lowest BCUT2D eigenvalue weighted by atomic mass is 10.0. The number of carbonyl (C=O) groups excluding carboxylic acids is 3. The van der Waals surface area contributed by atoms with E-state index in [-0.39, 0.29) is 22.9 Å². The van der Waals surface area contributed by atoms with Crippen molar-refractivity contribution in [3.05, 3.63) is 46.0 Å². The summed E-state index contributed by atoms with van der Waals surface area (Å²) in [4.78, 5) is 44.4. The van der Waals surface area contributed by atoms with Crippen molar-refractivity contribution in [3.63, 3.8) is 0 Å². The van der Waals surface area contributed by atoms with E-state index in [0.29, 0.717) is 15.6 Å². The lowest BCUT2D eigenvalue weighted by Crippen LogP contribution is -2.50. The van der Waals surface area contributed by atoms with E-state index in [0.717, 1.165) is 5.56 Å². The van der Waals surface area contributed by atoms with Crippen molar-refractivity contribution in [2.75, 3.05) is 12.4 Å². The molecule has 1 saturated heterocycles. The molecule has 9 heteroatoms. The second-order valence-electron chi connectivity index (χ2n) is 7.18. The number of fused-ring (bicyclic) bond motifs is 3. The number of carbonyl (C=O) groups is 3. The van der Waals surface area contributed by atoms with Crippen LogP contribution in [-0.2, 0) is 9.53 Å². The molecule has 1 aromatic carbocycles. The summed E-state index contributed by atoms with van der Waals surface area (Å²) in [7, 11) is 1.29. The first kappa shape index (κ1) is 18.9. The highest BCUT2D eigenvalue weighted by atomic mass is 32.2. The normalized spacial score (nSPS) is 22.0. The Bertz CT molecular complexity index is 1000. The fraction of sp³-hybridized carbons (Fsp3) is 0.368. The van der Waals surface area contributed by atoms with Gasteiger partial charge in [0.15, 0.2) is 10.8 Å². The first-order chi connectivity index (χ1) is 13.2. The minimum atomic E-state index is -0.659. The van der Waals surface area contributed by atoms with Gasteiger partial charge >= 0.3 is 5.97 Å². The van der Waals surface area contributed by atoms with Gasteiger partial charge in [0.25, 0.3) is 5.91 Å². The molecule has 1 aromatic heterocycles. The first-order valence-corrected chi connectivity index (χ1v) is 10.4. The summed E-state index contributed by atoms with van der Waals surface area (Å²) >= 11 is 2.81. The Hall–Kier alpha value is -2.39. The van der Waals surface area contributed by atoms with Crippen LogP contribution in [0.15, 0.2) is 24.3 Å². The topological polar surface area (TPSA) is 88.6 Å². The molecular formula is C19H19N3O4S2. The maximum Gasteiger partial charge on any atom is 0.357 e. The summed E-state index contributed by atoms with van der Waals surface area (Å²) in [6.07, 6.45) is 0. The molecule has 0 aliphatic carbocycles. The highest BCUT2D eigenvalue weighted by Gasteiger charge is 2.57. The number of rotatable bonds is 3. The number of aromatic nitrogens is 1. The molecule has 2 unspecified atom stereocenters. The molecule has 146 valence electrons. The zero-order valence-corrected chi connectivity index (χ0v) is 17.4. The predicted molar refractivity (Wildman–Crippen MR) is 108 cm³/mol. The molecule has 2 aromatic rings. The van der Waals surface area contributed by atoms with Crippen LogP contribution in [-0.4, -0.2) is 45.6 Å². The molecule has 7 nitrogen and oxygen atoms in total. The van der Waals surface area contributed by atoms with E-state index in [9.17, 15) is 14.4 Å². The van der Waals surface area contributed by atoms with Crippen molar-refractivity contribution >= 4 is 46.0 Å². The number of aryl methyl sites for hydroxylation is 1. The van der Waals surface area contributed by atoms with Gasteiger partial charge in [-0.25, -0.2) is 9.78 Å². The zero-order valence-electron chi connectivity index (χ0n) is 15.8. The predicted octanol–water partition coefficient (Wildman–Crippen LogP) is 3.23. The maximum absolute atomic E-state index is 13.2. The molecule has 1 N–H and O–H groups in total. The molecule has 28 heavy (non-hydrogen) atoms. The van der Waals surface area contributed by atoms with Crippen LogP contribution in [0.25, 0.3) is 0 Å². The highest BCUT2D eigenvalue weighted by molar-refractivity contribution is 8.01. The molecular weight excluding hydrogens is 398 g/mol. The SMILES string of the molecule is COC(=O)c1nc(NC(=O)C2N3C(=O)c4ccccc4C3SC2(C)C)sc1C. The Morgan fingerprint density at radius 2 is 2.00 bits per heavy atom. The average Bonchev–Trinajstić information content (AvgIpc) is 3.24. The third kappa shape index (κ3) is 2.80. The van der Waals surface area contributed by atoms with Gasteiger partial charge in [-0.3, -0.25) is 9.59 Å². The maximum atomic E-state index is 13.2. The van der Waals surface area contributed by atoms with Gasteiger partial charge in [0, 0.05) is 15.2 Å². The number of methoxy groups -OCH3 is 1. The third-order valence-corrected chi connectivity index (χ3v) is 7.37. The van der Waals surface area contributed by atoms with Gasteiger partial charge in [0.05, 0.1) is 7.11 Å². The molecule has 0 spiro atoms. The number of ether oxygens (including phenoxy) is 1. The average molecular weight is 418 g/mol. The van der Waals surface area contributed by atoms with Gasteiger partial charge < -0.3 is 15.0 Å². The molecule has 1 fully saturated rings. The van der Waals surface area contributed by atoms with Crippen LogP contribution in [0.2, 0.25) is 0 Å². The summed E-state index contributed by atoms with van der Waals surface area (Å²) in [5, 5.41) is 2.93. The van der Waals surface area contributed by atoms with E-state index in [1.54, 1.807) is 29.7 Å². The summed E-state index contributed by atoms with van der Waals surface area (Å²) in [6, 6.07) is 6.81. The smallest absolute Gasteiger partial charge is 0.357 e. The van der Waals surface area contributed by atoms with Crippen molar-refractivity contribution in [3.8, 4) is 0 Å². The lowest BCUT2D eigenvalue weighted by molar-refractivity contribution is -0.121. The van der Waals surface area contributed by atoms with Crippen LogP contribution >= 0.6 is 23.1 Å². The first-order valence-electron chi connectivity index (χ1n) is 8.70. The van der Waals surface area contributed by atoms with Crippen LogP contribution in [0.3, 0.4) is 0 Å². The molecule has 4 rings (SSSR count). The number of nitrogens with zero attached hydrogens (tertiary/aromatic N) is 2. The van der Waals surface area contributed by atoms with Crippen LogP contribution in [0.4, 0.5) is 5.13 Å². The fourth-order valence-corrected chi connectivity index (χ4v) is 6.11. The van der Waals surface area contributed by atoms with Crippen LogP contribution < -0.4 is 5.32 Å². The Balaban J connectivity index is 1.63. The second kappa shape index (κ2) is 6.59. The fourth-order valence-electron chi connectivity index (χ4n) is 3.71. The molecule has 0 bridgehead atoms. The minimum absolute atomic E-state index is 0.135. The number of benzene rings is 1. The van der Waals surface area contributed by atoms with E-state index in [2.05, 4.69) is 10.3 Å². The second-order valence-corrected chi connectivity index (χ2v) is 10.1. The van der Waals surface area contributed by atoms with Gasteiger partial charge in [-0.15, -0.1) is 23.1 Å². The van der Waals surface area contributed by atoms with Gasteiger partial charge in [-0.05, 0) is 32.4 Å². The van der Waals surface area contributed by atoms with Crippen LogP contribution in [0.5, 0.6) is 0 Å². The lowest BCUT2D eigenvalue weighted by Gasteiger charge is -2.29. The summed E-state index contributed by atoms with van der Waals surface area (Å²) in [6.45, 7) is 5.66. The number of esters is 1. The van der Waals surface area contributed by atoms with Crippen molar-refractivity contribution in [2.45, 2.75) is 36.9 Å². The van der Waals surface area contributed by atoms with Gasteiger partial charge in [-0.2, -0.15) is 0 Å². The van der Waals surface area contributed by atoms with Crippen molar-refractivity contribution in [2.24, 2.45) is 0 Å². The number of hydrogen-bond donors (Lipinski definition) is 1. The van der Waals surface area contributed by atoms with E-state index >= 15 is 0 Å². The number of amides is 2. The van der Waals surface area contributed by atoms with Crippen molar-refractivity contribution < 1.29 is 19.1 Å². The molecule has 0 radical (unpaired) electrons. The largest absolute Gasteiger partial charge is 0.464 e. The van der Waals surface area contributed by atoms with E-state index in [4.69, 9.17) is 4.74 Å². The molecule has 0 saturated carbocycles. The Morgan fingerprint density at radius 3 is 2.71 bits per heavy atom. The van der Waals surface area contributed by atoms with E-state index < -0.39 is 16.8 Å². The molecule has 3 heterocycles. The molecule has 2 atom stereocenters. The molecule has 2 amide bonds. The van der Waals surface area contributed by atoms with Gasteiger partial charge in [0.2, 0.25) is 5.91 Å². The standard InChI is InChI=1S/C19H19N3O4S2/c1-9-12(17(25)26-4)20-18(27-9)21-14(23)13-19(2,3)28-16-11-8-6-5-7-10(11)15(24)22(13)16/h5-8,13,16H,1-4H3,(H,20,21,23). The number of anilines is 1. The third-order valence-electron chi connectivity index (χ3n) is 4.95. The van der Waals surface area contributed by atoms with E-state index in [1.807, 2.05) is 32.0 Å². The van der Waals surface area contributed by atoms with Crippen molar-refractivity contribution in [1.82, 2.24) is 9.88 Å². The Labute approximate surface area is 170 Å². The summed E-state index contributed by atoms with van der Waals surface area (Å²) in [5.41, 5.74) is 1.77. The van der Waals surface area contributed by atoms with Gasteiger partial charge in [0.1, 0.15) is 11.4 Å². The summed E-state index contributed by atoms with van der Waals surface area (Å²) in [5.74, 6) is -0.994. The van der Waals surface area contributed by atoms with E-state index in [1.165, 1.54) is 18.4 Å². The molecule has 2 aliphatic rings. The van der Waals surface area contributed by atoms with Gasteiger partial charge in [-0.1, -0.05) is 18.2 Å². The number of hydrogen-bond acceptors (Lipinski definition) is 7. The Kier molecular flexibility index (Phi) is 4.46. The quantitative estimate of drug-likeness (QED) is 0.772. The van der Waals surface area contributed by atoms with Crippen LogP contribution in [0.1, 0.15) is 50.5 Å².